The molecule has 0 aliphatic carbocycles. The Labute approximate surface area is 353 Å². The highest BCUT2D eigenvalue weighted by atomic mass is 32.2. The third kappa shape index (κ3) is 11.0. The molecule has 1 saturated heterocycles. The van der Waals surface area contributed by atoms with E-state index in [-0.39, 0.29) is 25.1 Å². The molecule has 1 fully saturated rings. The molecule has 0 saturated carbocycles. The first-order valence-electron chi connectivity index (χ1n) is 20.3. The van der Waals surface area contributed by atoms with Crippen LogP contribution in [0.15, 0.2) is 158 Å². The van der Waals surface area contributed by atoms with Gasteiger partial charge >= 0.3 is 0 Å². The topological polar surface area (TPSA) is 75.6 Å². The Bertz CT molecular complexity index is 2150. The van der Waals surface area contributed by atoms with Gasteiger partial charge < -0.3 is 33.5 Å². The van der Waals surface area contributed by atoms with Crippen molar-refractivity contribution in [3.63, 3.8) is 0 Å². The summed E-state index contributed by atoms with van der Waals surface area (Å²) >= 11 is 1.40. The maximum atomic E-state index is 13.7. The maximum Gasteiger partial charge on any atom is 0.168 e. The van der Waals surface area contributed by atoms with Gasteiger partial charge in [0.15, 0.2) is 4.93 Å². The predicted octanol–water partition coefficient (Wildman–Crippen LogP) is 10.2. The van der Waals surface area contributed by atoms with Gasteiger partial charge in [0.1, 0.15) is 29.8 Å². The number of aryl methyl sites for hydroxylation is 1. The highest BCUT2D eigenvalue weighted by Gasteiger charge is 2.57. The van der Waals surface area contributed by atoms with Gasteiger partial charge in [0.25, 0.3) is 0 Å². The highest BCUT2D eigenvalue weighted by Crippen LogP contribution is 2.53. The van der Waals surface area contributed by atoms with Gasteiger partial charge in [0.2, 0.25) is 0 Å². The summed E-state index contributed by atoms with van der Waals surface area (Å²) in [5, 5.41) is 13.3. The van der Waals surface area contributed by atoms with E-state index in [1.165, 1.54) is 11.8 Å². The molecule has 0 bridgehead atoms. The van der Waals surface area contributed by atoms with Gasteiger partial charge in [-0.25, -0.2) is 0 Å². The van der Waals surface area contributed by atoms with Crippen molar-refractivity contribution in [2.24, 2.45) is 0 Å². The molecule has 0 spiro atoms. The van der Waals surface area contributed by atoms with Gasteiger partial charge in [-0.2, -0.15) is 0 Å². The van der Waals surface area contributed by atoms with Crippen LogP contribution >= 0.6 is 11.8 Å². The molecule has 5 atom stereocenters. The zero-order chi connectivity index (χ0) is 40.9. The molecule has 7 nitrogen and oxygen atoms in total. The molecule has 7 rings (SSSR count). The number of aliphatic hydroxyl groups is 1. The number of methoxy groups -OCH3 is 1. The summed E-state index contributed by atoms with van der Waals surface area (Å²) in [7, 11) is 1.65. The fourth-order valence-electron chi connectivity index (χ4n) is 7.53. The molecule has 6 aromatic carbocycles. The number of rotatable bonds is 19. The average molecular weight is 811 g/mol. The van der Waals surface area contributed by atoms with Crippen molar-refractivity contribution < 1.29 is 33.5 Å². The quantitative estimate of drug-likeness (QED) is 0.0867. The number of hydrogen-bond donors (Lipinski definition) is 1. The fourth-order valence-corrected chi connectivity index (χ4v) is 9.14. The van der Waals surface area contributed by atoms with Crippen LogP contribution in [-0.2, 0) is 56.7 Å². The summed E-state index contributed by atoms with van der Waals surface area (Å²) < 4.78 is 39.3. The predicted molar refractivity (Wildman–Crippen MR) is 235 cm³/mol. The van der Waals surface area contributed by atoms with Crippen LogP contribution in [-0.4, -0.2) is 49.0 Å². The molecule has 0 amide bonds. The summed E-state index contributed by atoms with van der Waals surface area (Å²) in [4.78, 5) is -1.67. The molecule has 8 heteroatoms. The smallest absolute Gasteiger partial charge is 0.168 e. The first-order chi connectivity index (χ1) is 28.9. The van der Waals surface area contributed by atoms with Crippen LogP contribution < -0.4 is 9.47 Å². The van der Waals surface area contributed by atoms with E-state index in [1.807, 2.05) is 122 Å². The molecular formula is C51H54O7S. The molecule has 1 aliphatic heterocycles. The monoisotopic (exact) mass is 810 g/mol. The molecule has 0 radical (unpaired) electrons. The Kier molecular flexibility index (Phi) is 14.9. The summed E-state index contributed by atoms with van der Waals surface area (Å²) in [5.41, 5.74) is 7.91. The third-order valence-corrected chi connectivity index (χ3v) is 12.1. The van der Waals surface area contributed by atoms with Gasteiger partial charge in [-0.3, -0.25) is 0 Å². The molecule has 306 valence electrons. The van der Waals surface area contributed by atoms with E-state index in [4.69, 9.17) is 28.4 Å². The molecule has 59 heavy (non-hydrogen) atoms. The van der Waals surface area contributed by atoms with Crippen LogP contribution in [0.3, 0.4) is 0 Å². The van der Waals surface area contributed by atoms with Crippen molar-refractivity contribution in [2.45, 2.75) is 75.2 Å². The van der Waals surface area contributed by atoms with E-state index < -0.39 is 23.2 Å². The lowest BCUT2D eigenvalue weighted by atomic mass is 9.89. The van der Waals surface area contributed by atoms with Gasteiger partial charge in [0.05, 0.1) is 52.0 Å². The van der Waals surface area contributed by atoms with E-state index in [1.54, 1.807) is 7.11 Å². The van der Waals surface area contributed by atoms with E-state index in [2.05, 4.69) is 49.4 Å². The number of ether oxygens (including phenoxy) is 6. The Morgan fingerprint density at radius 1 is 0.593 bits per heavy atom. The first kappa shape index (κ1) is 42.2. The summed E-state index contributed by atoms with van der Waals surface area (Å²) in [6.45, 7) is 6.23. The van der Waals surface area contributed by atoms with Gasteiger partial charge in [-0.05, 0) is 83.5 Å². The Balaban J connectivity index is 1.32. The van der Waals surface area contributed by atoms with Crippen molar-refractivity contribution >= 4 is 11.8 Å². The van der Waals surface area contributed by atoms with Gasteiger partial charge in [0, 0.05) is 5.56 Å². The van der Waals surface area contributed by atoms with E-state index in [0.29, 0.717) is 37.6 Å². The lowest BCUT2D eigenvalue weighted by Gasteiger charge is -2.50. The van der Waals surface area contributed by atoms with Crippen LogP contribution in [0.5, 0.6) is 11.5 Å². The van der Waals surface area contributed by atoms with E-state index in [0.717, 1.165) is 44.7 Å². The SMILES string of the molecule is CCOc1ccc(Cc2cc([C@]3(O)S[C@H](COCc4ccccc4)[C@@H](OCc4ccccc4)[C@H](OCc4ccccc4)[C@H]3OCc3ccccc3)c(OC)cc2C)cc1. The van der Waals surface area contributed by atoms with Gasteiger partial charge in [-0.1, -0.05) is 133 Å². The van der Waals surface area contributed by atoms with Crippen molar-refractivity contribution in [2.75, 3.05) is 20.3 Å². The second-order valence-electron chi connectivity index (χ2n) is 14.8. The van der Waals surface area contributed by atoms with Gasteiger partial charge in [-0.15, -0.1) is 11.8 Å². The van der Waals surface area contributed by atoms with Crippen molar-refractivity contribution in [1.82, 2.24) is 0 Å². The third-order valence-electron chi connectivity index (χ3n) is 10.6. The van der Waals surface area contributed by atoms with E-state index in [9.17, 15) is 5.11 Å². The molecule has 0 aromatic heterocycles. The van der Waals surface area contributed by atoms with Crippen molar-refractivity contribution in [3.8, 4) is 11.5 Å². The lowest BCUT2D eigenvalue weighted by molar-refractivity contribution is -0.199. The number of hydrogen-bond acceptors (Lipinski definition) is 8. The Hall–Kier alpha value is -4.93. The summed E-state index contributed by atoms with van der Waals surface area (Å²) in [6, 6.07) is 52.6. The lowest BCUT2D eigenvalue weighted by Crippen LogP contribution is -2.61. The molecule has 6 aromatic rings. The molecule has 0 unspecified atom stereocenters. The normalized spacial score (nSPS) is 20.3. The van der Waals surface area contributed by atoms with Crippen LogP contribution in [0.4, 0.5) is 0 Å². The Morgan fingerprint density at radius 2 is 1.10 bits per heavy atom. The first-order valence-corrected chi connectivity index (χ1v) is 21.2. The second kappa shape index (κ2) is 20.9. The van der Waals surface area contributed by atoms with Crippen LogP contribution in [0.2, 0.25) is 0 Å². The maximum absolute atomic E-state index is 13.7. The molecule has 1 heterocycles. The second-order valence-corrected chi connectivity index (χ2v) is 16.3. The minimum absolute atomic E-state index is 0.243. The standard InChI is InChI=1S/C51H54O7S/c1-4-55-44-27-25-38(26-28-44)30-43-31-45(46(53-3)29-37(43)2)51(52)50(58-35-42-23-15-8-16-24-42)49(57-34-41-21-13-7-14-22-41)48(56-33-40-19-11-6-12-20-40)47(59-51)36-54-32-39-17-9-5-10-18-39/h5-29,31,47-50,52H,4,30,32-36H2,1-3H3/t47-,48-,49+,50-,51+/m1/s1. The van der Waals surface area contributed by atoms with Crippen LogP contribution in [0, 0.1) is 6.92 Å². The Morgan fingerprint density at radius 3 is 1.63 bits per heavy atom. The zero-order valence-corrected chi connectivity index (χ0v) is 34.9. The molecule has 1 aliphatic rings. The van der Waals surface area contributed by atoms with E-state index >= 15 is 0 Å². The highest BCUT2D eigenvalue weighted by molar-refractivity contribution is 8.00. The summed E-state index contributed by atoms with van der Waals surface area (Å²) in [5.74, 6) is 1.40. The number of thioether (sulfide) groups is 1. The van der Waals surface area contributed by atoms with Crippen molar-refractivity contribution in [3.05, 3.63) is 202 Å². The largest absolute Gasteiger partial charge is 0.496 e. The van der Waals surface area contributed by atoms with Crippen molar-refractivity contribution in [1.29, 1.82) is 0 Å². The fraction of sp³-hybridized carbons (Fsp3) is 0.294. The minimum atomic E-state index is -1.67. The average Bonchev–Trinajstić information content (AvgIpc) is 3.27. The number of benzene rings is 6. The van der Waals surface area contributed by atoms with Crippen LogP contribution in [0.25, 0.3) is 0 Å². The molecule has 1 N–H and O–H groups in total. The zero-order valence-electron chi connectivity index (χ0n) is 34.1. The minimum Gasteiger partial charge on any atom is -0.496 e. The van der Waals surface area contributed by atoms with Crippen LogP contribution in [0.1, 0.15) is 51.4 Å². The molecular weight excluding hydrogens is 757 g/mol. The summed E-state index contributed by atoms with van der Waals surface area (Å²) in [6.07, 6.45) is -1.54.